The second kappa shape index (κ2) is 4.77. The quantitative estimate of drug-likeness (QED) is 0.815. The lowest BCUT2D eigenvalue weighted by Gasteiger charge is -2.17. The lowest BCUT2D eigenvalue weighted by molar-refractivity contribution is 0.642. The highest BCUT2D eigenvalue weighted by atomic mass is 15.1. The van der Waals surface area contributed by atoms with Crippen LogP contribution in [0.25, 0.3) is 0 Å². The third-order valence-electron chi connectivity index (χ3n) is 3.18. The van der Waals surface area contributed by atoms with Crippen LogP contribution in [-0.2, 0) is 0 Å². The molecule has 1 aliphatic rings. The van der Waals surface area contributed by atoms with Crippen LogP contribution in [0.1, 0.15) is 26.2 Å². The van der Waals surface area contributed by atoms with E-state index in [2.05, 4.69) is 55.5 Å². The van der Waals surface area contributed by atoms with Gasteiger partial charge in [0.05, 0.1) is 0 Å². The van der Waals surface area contributed by atoms with Crippen molar-refractivity contribution < 1.29 is 0 Å². The highest BCUT2D eigenvalue weighted by Gasteiger charge is 2.23. The van der Waals surface area contributed by atoms with Crippen LogP contribution < -0.4 is 10.2 Å². The number of hydrogen-bond donors (Lipinski definition) is 1. The number of rotatable bonds is 5. The predicted octanol–water partition coefficient (Wildman–Crippen LogP) is 3.35. The summed E-state index contributed by atoms with van der Waals surface area (Å²) in [7, 11) is 4.14. The van der Waals surface area contributed by atoms with E-state index in [-0.39, 0.29) is 0 Å². The Morgan fingerprint density at radius 3 is 2.38 bits per heavy atom. The lowest BCUT2D eigenvalue weighted by atomic mass is 10.1. The maximum atomic E-state index is 3.56. The van der Waals surface area contributed by atoms with Gasteiger partial charge in [-0.3, -0.25) is 0 Å². The molecular formula is C14H22N2. The topological polar surface area (TPSA) is 15.3 Å². The van der Waals surface area contributed by atoms with Crippen molar-refractivity contribution in [2.75, 3.05) is 24.3 Å². The molecule has 2 heteroatoms. The normalized spacial score (nSPS) is 16.9. The summed E-state index contributed by atoms with van der Waals surface area (Å²) < 4.78 is 0. The minimum absolute atomic E-state index is 0.595. The van der Waals surface area contributed by atoms with E-state index in [1.54, 1.807) is 0 Å². The van der Waals surface area contributed by atoms with Crippen LogP contribution in [0, 0.1) is 5.92 Å². The van der Waals surface area contributed by atoms with E-state index in [9.17, 15) is 0 Å². The van der Waals surface area contributed by atoms with Gasteiger partial charge < -0.3 is 10.2 Å². The molecule has 1 unspecified atom stereocenters. The number of nitrogens with zero attached hydrogens (tertiary/aromatic N) is 1. The molecule has 1 fully saturated rings. The Balaban J connectivity index is 1.88. The van der Waals surface area contributed by atoms with Gasteiger partial charge in [-0.1, -0.05) is 12.8 Å². The van der Waals surface area contributed by atoms with Gasteiger partial charge in [0.1, 0.15) is 0 Å². The van der Waals surface area contributed by atoms with Crippen molar-refractivity contribution in [3.05, 3.63) is 24.3 Å². The van der Waals surface area contributed by atoms with Gasteiger partial charge in [-0.15, -0.1) is 0 Å². The summed E-state index contributed by atoms with van der Waals surface area (Å²) in [5.74, 6) is 0.989. The summed E-state index contributed by atoms with van der Waals surface area (Å²) in [6.45, 7) is 2.28. The fourth-order valence-electron chi connectivity index (χ4n) is 2.05. The summed E-state index contributed by atoms with van der Waals surface area (Å²) in [5, 5.41) is 3.56. The number of nitrogens with one attached hydrogen (secondary N) is 1. The zero-order chi connectivity index (χ0) is 11.5. The molecule has 1 N–H and O–H groups in total. The zero-order valence-electron chi connectivity index (χ0n) is 10.5. The van der Waals surface area contributed by atoms with E-state index in [4.69, 9.17) is 0 Å². The van der Waals surface area contributed by atoms with E-state index in [0.717, 1.165) is 5.92 Å². The van der Waals surface area contributed by atoms with Crippen LogP contribution in [0.3, 0.4) is 0 Å². The molecular weight excluding hydrogens is 196 g/mol. The summed E-state index contributed by atoms with van der Waals surface area (Å²) in [6, 6.07) is 9.24. The molecule has 0 aliphatic heterocycles. The minimum Gasteiger partial charge on any atom is -0.383 e. The Kier molecular flexibility index (Phi) is 3.37. The lowest BCUT2D eigenvalue weighted by Crippen LogP contribution is -2.15. The molecule has 1 atom stereocenters. The Morgan fingerprint density at radius 2 is 1.88 bits per heavy atom. The second-order valence-corrected chi connectivity index (χ2v) is 5.17. The Labute approximate surface area is 98.7 Å². The van der Waals surface area contributed by atoms with Gasteiger partial charge in [-0.05, 0) is 43.5 Å². The average Bonchev–Trinajstić information content (AvgIpc) is 3.02. The van der Waals surface area contributed by atoms with Crippen molar-refractivity contribution in [2.45, 2.75) is 32.2 Å². The van der Waals surface area contributed by atoms with Crippen LogP contribution >= 0.6 is 0 Å². The van der Waals surface area contributed by atoms with Gasteiger partial charge >= 0.3 is 0 Å². The van der Waals surface area contributed by atoms with Crippen molar-refractivity contribution in [1.29, 1.82) is 0 Å². The molecule has 0 aromatic heterocycles. The van der Waals surface area contributed by atoms with Crippen LogP contribution in [0.4, 0.5) is 11.4 Å². The first-order valence-corrected chi connectivity index (χ1v) is 6.19. The molecule has 1 aromatic carbocycles. The number of benzene rings is 1. The molecule has 0 radical (unpaired) electrons. The van der Waals surface area contributed by atoms with E-state index in [1.807, 2.05) is 0 Å². The first-order valence-electron chi connectivity index (χ1n) is 6.19. The minimum atomic E-state index is 0.595. The van der Waals surface area contributed by atoms with Crippen molar-refractivity contribution in [3.63, 3.8) is 0 Å². The third-order valence-corrected chi connectivity index (χ3v) is 3.18. The van der Waals surface area contributed by atoms with Crippen LogP contribution in [0.5, 0.6) is 0 Å². The molecule has 88 valence electrons. The maximum absolute atomic E-state index is 3.56. The molecule has 1 aromatic rings. The molecule has 0 amide bonds. The van der Waals surface area contributed by atoms with Crippen LogP contribution in [-0.4, -0.2) is 20.1 Å². The van der Waals surface area contributed by atoms with Gasteiger partial charge in [-0.2, -0.15) is 0 Å². The second-order valence-electron chi connectivity index (χ2n) is 5.17. The highest BCUT2D eigenvalue weighted by Crippen LogP contribution is 2.34. The molecule has 1 saturated carbocycles. The Morgan fingerprint density at radius 1 is 1.25 bits per heavy atom. The standard InChI is InChI=1S/C14H22N2/c1-11(10-12-4-5-12)15-13-6-8-14(9-7-13)16(2)3/h6-9,11-12,15H,4-5,10H2,1-3H3. The van der Waals surface area contributed by atoms with Crippen molar-refractivity contribution in [1.82, 2.24) is 0 Å². The molecule has 2 rings (SSSR count). The van der Waals surface area contributed by atoms with Gasteiger partial charge in [0.25, 0.3) is 0 Å². The van der Waals surface area contributed by atoms with Gasteiger partial charge in [0.15, 0.2) is 0 Å². The summed E-state index contributed by atoms with van der Waals surface area (Å²) in [5.41, 5.74) is 2.49. The predicted molar refractivity (Wildman–Crippen MR) is 71.2 cm³/mol. The highest BCUT2D eigenvalue weighted by molar-refractivity contribution is 5.54. The average molecular weight is 218 g/mol. The molecule has 1 aliphatic carbocycles. The third kappa shape index (κ3) is 3.16. The SMILES string of the molecule is CC(CC1CC1)Nc1ccc(N(C)C)cc1. The van der Waals surface area contributed by atoms with Crippen LogP contribution in [0.15, 0.2) is 24.3 Å². The number of hydrogen-bond acceptors (Lipinski definition) is 2. The molecule has 0 bridgehead atoms. The fourth-order valence-corrected chi connectivity index (χ4v) is 2.05. The van der Waals surface area contributed by atoms with Crippen molar-refractivity contribution in [3.8, 4) is 0 Å². The number of anilines is 2. The molecule has 0 spiro atoms. The largest absolute Gasteiger partial charge is 0.383 e. The van der Waals surface area contributed by atoms with Crippen molar-refractivity contribution in [2.24, 2.45) is 5.92 Å². The first kappa shape index (κ1) is 11.3. The van der Waals surface area contributed by atoms with Crippen LogP contribution in [0.2, 0.25) is 0 Å². The van der Waals surface area contributed by atoms with Gasteiger partial charge in [-0.25, -0.2) is 0 Å². The monoisotopic (exact) mass is 218 g/mol. The summed E-state index contributed by atoms with van der Waals surface area (Å²) in [4.78, 5) is 2.12. The van der Waals surface area contributed by atoms with Gasteiger partial charge in [0.2, 0.25) is 0 Å². The molecule has 0 heterocycles. The van der Waals surface area contributed by atoms with E-state index < -0.39 is 0 Å². The summed E-state index contributed by atoms with van der Waals surface area (Å²) >= 11 is 0. The van der Waals surface area contributed by atoms with E-state index in [1.165, 1.54) is 30.6 Å². The summed E-state index contributed by atoms with van der Waals surface area (Å²) in [6.07, 6.45) is 4.19. The van der Waals surface area contributed by atoms with Gasteiger partial charge in [0, 0.05) is 31.5 Å². The fraction of sp³-hybridized carbons (Fsp3) is 0.571. The molecule has 2 nitrogen and oxygen atoms in total. The molecule has 16 heavy (non-hydrogen) atoms. The smallest absolute Gasteiger partial charge is 0.0362 e. The van der Waals surface area contributed by atoms with E-state index in [0.29, 0.717) is 6.04 Å². The molecule has 0 saturated heterocycles. The Hall–Kier alpha value is -1.18. The zero-order valence-corrected chi connectivity index (χ0v) is 10.5. The van der Waals surface area contributed by atoms with Crippen molar-refractivity contribution >= 4 is 11.4 Å². The Bertz CT molecular complexity index is 325. The first-order chi connectivity index (χ1) is 7.65. The van der Waals surface area contributed by atoms with E-state index >= 15 is 0 Å². The maximum Gasteiger partial charge on any atom is 0.0362 e.